The normalized spacial score (nSPS) is 37.1. The molecule has 0 aromatic rings. The monoisotopic (exact) mass is 206 g/mol. The SMILES string of the molecule is O=C=NC[C@@H]1CC2CC1[C@@H](CN=C=O)C2. The minimum absolute atomic E-state index is 0.511. The predicted octanol–water partition coefficient (Wildman–Crippen LogP) is 1.32. The number of hydrogen-bond donors (Lipinski definition) is 0. The summed E-state index contributed by atoms with van der Waals surface area (Å²) in [6, 6.07) is 0. The molecular weight excluding hydrogens is 192 g/mol. The molecule has 0 amide bonds. The lowest BCUT2D eigenvalue weighted by molar-refractivity contribution is 0.250. The van der Waals surface area contributed by atoms with Crippen LogP contribution in [0.3, 0.4) is 0 Å². The van der Waals surface area contributed by atoms with Crippen LogP contribution < -0.4 is 0 Å². The predicted molar refractivity (Wildman–Crippen MR) is 53.8 cm³/mol. The van der Waals surface area contributed by atoms with Gasteiger partial charge in [-0.3, -0.25) is 0 Å². The molecule has 15 heavy (non-hydrogen) atoms. The molecule has 0 aliphatic heterocycles. The third-order valence-corrected chi connectivity index (χ3v) is 3.87. The van der Waals surface area contributed by atoms with Crippen LogP contribution in [0, 0.1) is 23.7 Å². The molecule has 0 radical (unpaired) electrons. The van der Waals surface area contributed by atoms with E-state index in [1.807, 2.05) is 0 Å². The maximum atomic E-state index is 10.1. The number of isocyanates is 2. The van der Waals surface area contributed by atoms with Crippen LogP contribution >= 0.6 is 0 Å². The average molecular weight is 206 g/mol. The minimum Gasteiger partial charge on any atom is -0.211 e. The van der Waals surface area contributed by atoms with Crippen molar-refractivity contribution >= 4 is 12.2 Å². The van der Waals surface area contributed by atoms with Crippen molar-refractivity contribution < 1.29 is 9.59 Å². The lowest BCUT2D eigenvalue weighted by Crippen LogP contribution is -2.24. The van der Waals surface area contributed by atoms with Crippen molar-refractivity contribution in [3.63, 3.8) is 0 Å². The van der Waals surface area contributed by atoms with Crippen LogP contribution in [-0.4, -0.2) is 25.2 Å². The Morgan fingerprint density at radius 1 is 0.933 bits per heavy atom. The Morgan fingerprint density at radius 3 is 1.87 bits per heavy atom. The van der Waals surface area contributed by atoms with E-state index in [-0.39, 0.29) is 0 Å². The summed E-state index contributed by atoms with van der Waals surface area (Å²) in [6.45, 7) is 1.21. The van der Waals surface area contributed by atoms with E-state index < -0.39 is 0 Å². The number of aliphatic imine (C=N–C) groups is 2. The summed E-state index contributed by atoms with van der Waals surface area (Å²) in [6.07, 6.45) is 6.78. The van der Waals surface area contributed by atoms with Crippen molar-refractivity contribution in [1.82, 2.24) is 0 Å². The van der Waals surface area contributed by atoms with E-state index in [4.69, 9.17) is 0 Å². The Labute approximate surface area is 88.5 Å². The summed E-state index contributed by atoms with van der Waals surface area (Å²) < 4.78 is 0. The topological polar surface area (TPSA) is 58.9 Å². The standard InChI is InChI=1S/C11H14N2O2/c14-6-12-4-9-1-8-2-10(5-13-7-15)11(9)3-8/h8-11H,1-5H2/t8?,9-,10+,11?. The molecule has 4 nitrogen and oxygen atoms in total. The quantitative estimate of drug-likeness (QED) is 0.514. The van der Waals surface area contributed by atoms with Crippen LogP contribution in [-0.2, 0) is 9.59 Å². The molecule has 0 N–H and O–H groups in total. The largest absolute Gasteiger partial charge is 0.234 e. The second kappa shape index (κ2) is 4.52. The fourth-order valence-corrected chi connectivity index (χ4v) is 3.38. The molecule has 0 aromatic carbocycles. The van der Waals surface area contributed by atoms with E-state index in [1.54, 1.807) is 12.2 Å². The van der Waals surface area contributed by atoms with Gasteiger partial charge in [0.05, 0.1) is 13.1 Å². The zero-order valence-electron chi connectivity index (χ0n) is 8.56. The van der Waals surface area contributed by atoms with E-state index in [0.29, 0.717) is 30.8 Å². The van der Waals surface area contributed by atoms with Gasteiger partial charge < -0.3 is 0 Å². The highest BCUT2D eigenvalue weighted by Gasteiger charge is 2.45. The molecule has 2 bridgehead atoms. The van der Waals surface area contributed by atoms with Crippen LogP contribution in [0.5, 0.6) is 0 Å². The summed E-state index contributed by atoms with van der Waals surface area (Å²) in [5, 5.41) is 0. The molecule has 0 spiro atoms. The summed E-state index contributed by atoms with van der Waals surface area (Å²) in [7, 11) is 0. The van der Waals surface area contributed by atoms with Gasteiger partial charge in [0.1, 0.15) is 0 Å². The molecule has 2 unspecified atom stereocenters. The van der Waals surface area contributed by atoms with Crippen molar-refractivity contribution in [2.45, 2.75) is 19.3 Å². The van der Waals surface area contributed by atoms with Gasteiger partial charge >= 0.3 is 0 Å². The van der Waals surface area contributed by atoms with E-state index in [2.05, 4.69) is 9.98 Å². The average Bonchev–Trinajstić information content (AvgIpc) is 2.82. The molecule has 2 aliphatic rings. The maximum absolute atomic E-state index is 10.1. The van der Waals surface area contributed by atoms with Gasteiger partial charge in [-0.25, -0.2) is 19.6 Å². The highest BCUT2D eigenvalue weighted by atomic mass is 16.1. The third-order valence-electron chi connectivity index (χ3n) is 3.87. The van der Waals surface area contributed by atoms with Crippen LogP contribution in [0.2, 0.25) is 0 Å². The molecule has 4 heteroatoms. The zero-order chi connectivity index (χ0) is 10.7. The summed E-state index contributed by atoms with van der Waals surface area (Å²) in [4.78, 5) is 27.5. The summed E-state index contributed by atoms with van der Waals surface area (Å²) >= 11 is 0. The Bertz CT molecular complexity index is 299. The van der Waals surface area contributed by atoms with E-state index in [1.165, 1.54) is 19.3 Å². The van der Waals surface area contributed by atoms with Gasteiger partial charge in [0.15, 0.2) is 0 Å². The van der Waals surface area contributed by atoms with Crippen LogP contribution in [0.25, 0.3) is 0 Å². The van der Waals surface area contributed by atoms with Crippen LogP contribution in [0.1, 0.15) is 19.3 Å². The molecule has 4 atom stereocenters. The zero-order valence-corrected chi connectivity index (χ0v) is 8.56. The van der Waals surface area contributed by atoms with Gasteiger partial charge in [0, 0.05) is 0 Å². The smallest absolute Gasteiger partial charge is 0.211 e. The molecular formula is C11H14N2O2. The van der Waals surface area contributed by atoms with Crippen molar-refractivity contribution in [2.75, 3.05) is 13.1 Å². The van der Waals surface area contributed by atoms with Gasteiger partial charge in [-0.05, 0) is 42.9 Å². The van der Waals surface area contributed by atoms with Crippen molar-refractivity contribution in [3.05, 3.63) is 0 Å². The van der Waals surface area contributed by atoms with E-state index in [0.717, 1.165) is 5.92 Å². The lowest BCUT2D eigenvalue weighted by Gasteiger charge is -2.26. The van der Waals surface area contributed by atoms with Crippen molar-refractivity contribution in [2.24, 2.45) is 33.7 Å². The number of rotatable bonds is 4. The Hall–Kier alpha value is -1.24. The minimum atomic E-state index is 0.511. The van der Waals surface area contributed by atoms with Crippen molar-refractivity contribution in [1.29, 1.82) is 0 Å². The Kier molecular flexibility index (Phi) is 3.10. The Morgan fingerprint density at radius 2 is 1.47 bits per heavy atom. The second-order valence-electron chi connectivity index (χ2n) is 4.62. The third kappa shape index (κ3) is 2.06. The molecule has 2 saturated carbocycles. The second-order valence-corrected chi connectivity index (χ2v) is 4.62. The molecule has 0 aromatic heterocycles. The fourth-order valence-electron chi connectivity index (χ4n) is 3.38. The van der Waals surface area contributed by atoms with Crippen LogP contribution in [0.15, 0.2) is 9.98 Å². The first-order valence-corrected chi connectivity index (χ1v) is 5.42. The highest BCUT2D eigenvalue weighted by molar-refractivity contribution is 5.33. The van der Waals surface area contributed by atoms with E-state index >= 15 is 0 Å². The lowest BCUT2D eigenvalue weighted by atomic mass is 9.80. The number of nitrogens with zero attached hydrogens (tertiary/aromatic N) is 2. The number of fused-ring (bicyclic) bond motifs is 2. The summed E-state index contributed by atoms with van der Waals surface area (Å²) in [5.74, 6) is 2.38. The maximum Gasteiger partial charge on any atom is 0.234 e. The number of hydrogen-bond acceptors (Lipinski definition) is 4. The first-order valence-electron chi connectivity index (χ1n) is 5.42. The first kappa shape index (κ1) is 10.3. The van der Waals surface area contributed by atoms with Gasteiger partial charge in [-0.2, -0.15) is 0 Å². The van der Waals surface area contributed by atoms with Crippen LogP contribution in [0.4, 0.5) is 0 Å². The first-order chi connectivity index (χ1) is 7.35. The number of carbonyl (C=O) groups excluding carboxylic acids is 2. The van der Waals surface area contributed by atoms with Gasteiger partial charge in [0.25, 0.3) is 0 Å². The molecule has 80 valence electrons. The molecule has 2 rings (SSSR count). The Balaban J connectivity index is 1.95. The fraction of sp³-hybridized carbons (Fsp3) is 0.818. The molecule has 2 fully saturated rings. The van der Waals surface area contributed by atoms with E-state index in [9.17, 15) is 9.59 Å². The summed E-state index contributed by atoms with van der Waals surface area (Å²) in [5.41, 5.74) is 0. The molecule has 2 aliphatic carbocycles. The van der Waals surface area contributed by atoms with Gasteiger partial charge in [-0.1, -0.05) is 0 Å². The molecule has 0 saturated heterocycles. The van der Waals surface area contributed by atoms with Gasteiger partial charge in [0.2, 0.25) is 12.2 Å². The molecule has 0 heterocycles. The van der Waals surface area contributed by atoms with Gasteiger partial charge in [-0.15, -0.1) is 0 Å². The van der Waals surface area contributed by atoms with Crippen molar-refractivity contribution in [3.8, 4) is 0 Å². The highest BCUT2D eigenvalue weighted by Crippen LogP contribution is 2.51.